The number of thiazole rings is 1. The van der Waals surface area contributed by atoms with Crippen molar-refractivity contribution in [2.75, 3.05) is 31.2 Å². The first-order valence-electron chi connectivity index (χ1n) is 17.1. The zero-order valence-corrected chi connectivity index (χ0v) is 31.0. The predicted octanol–water partition coefficient (Wildman–Crippen LogP) is 8.88. The summed E-state index contributed by atoms with van der Waals surface area (Å²) < 4.78 is 22.2. The van der Waals surface area contributed by atoms with Crippen LogP contribution in [-0.2, 0) is 25.5 Å². The van der Waals surface area contributed by atoms with Crippen LogP contribution in [0.3, 0.4) is 0 Å². The van der Waals surface area contributed by atoms with Gasteiger partial charge in [0.25, 0.3) is 0 Å². The van der Waals surface area contributed by atoms with Crippen molar-refractivity contribution in [2.24, 2.45) is 10.2 Å². The van der Waals surface area contributed by atoms with Gasteiger partial charge >= 0.3 is 23.9 Å². The van der Waals surface area contributed by atoms with Gasteiger partial charge in [-0.3, -0.25) is 0 Å². The fourth-order valence-corrected chi connectivity index (χ4v) is 7.33. The molecule has 2 aromatic heterocycles. The monoisotopic (exact) mass is 752 g/mol. The SMILES string of the molecule is CCCOC(=O)c1ccc(OC(=O)C(=Cc2cc3sc(N=Nc4ccc5c(c4)CCN5CC)nc3s2)C(=O)Oc2ccc(C(=O)OCCC)cc2)cc1. The van der Waals surface area contributed by atoms with Crippen molar-refractivity contribution in [1.29, 1.82) is 0 Å². The normalized spacial score (nSPS) is 12.1. The van der Waals surface area contributed by atoms with E-state index in [9.17, 15) is 19.2 Å². The molecule has 1 aliphatic rings. The molecule has 0 N–H and O–H groups in total. The minimum Gasteiger partial charge on any atom is -0.462 e. The molecule has 3 aromatic carbocycles. The minimum absolute atomic E-state index is 0.102. The number of likely N-dealkylation sites (N-methyl/N-ethyl adjacent to an activating group) is 1. The molecule has 0 aliphatic carbocycles. The van der Waals surface area contributed by atoms with Crippen LogP contribution >= 0.6 is 22.7 Å². The van der Waals surface area contributed by atoms with E-state index in [-0.39, 0.29) is 35.8 Å². The Morgan fingerprint density at radius 2 is 1.38 bits per heavy atom. The first kappa shape index (κ1) is 37.0. The first-order valence-corrected chi connectivity index (χ1v) is 18.8. The topological polar surface area (TPSA) is 146 Å². The molecule has 0 saturated heterocycles. The van der Waals surface area contributed by atoms with Gasteiger partial charge in [0.15, 0.2) is 0 Å². The molecule has 0 fully saturated rings. The van der Waals surface area contributed by atoms with Crippen LogP contribution in [0.5, 0.6) is 11.5 Å². The fraction of sp³-hybridized carbons (Fsp3) is 0.256. The summed E-state index contributed by atoms with van der Waals surface area (Å²) in [4.78, 5) is 59.5. The zero-order valence-electron chi connectivity index (χ0n) is 29.3. The molecular formula is C39H36N4O8S2. The van der Waals surface area contributed by atoms with Gasteiger partial charge < -0.3 is 23.8 Å². The number of nitrogens with zero attached hydrogens (tertiary/aromatic N) is 4. The van der Waals surface area contributed by atoms with Gasteiger partial charge in [0.1, 0.15) is 21.9 Å². The van der Waals surface area contributed by atoms with Crippen molar-refractivity contribution in [3.05, 3.63) is 99.9 Å². The van der Waals surface area contributed by atoms with Crippen molar-refractivity contribution < 1.29 is 38.1 Å². The van der Waals surface area contributed by atoms with E-state index >= 15 is 0 Å². The van der Waals surface area contributed by atoms with Gasteiger partial charge in [0, 0.05) is 23.7 Å². The van der Waals surface area contributed by atoms with Gasteiger partial charge in [-0.15, -0.1) is 21.6 Å². The predicted molar refractivity (Wildman–Crippen MR) is 203 cm³/mol. The van der Waals surface area contributed by atoms with Crippen molar-refractivity contribution in [2.45, 2.75) is 40.0 Å². The molecule has 12 nitrogen and oxygen atoms in total. The maximum absolute atomic E-state index is 13.5. The molecule has 1 aliphatic heterocycles. The molecule has 53 heavy (non-hydrogen) atoms. The van der Waals surface area contributed by atoms with E-state index in [0.717, 1.165) is 29.9 Å². The molecule has 0 unspecified atom stereocenters. The second-order valence-electron chi connectivity index (χ2n) is 11.8. The van der Waals surface area contributed by atoms with Crippen LogP contribution in [0, 0.1) is 0 Å². The Morgan fingerprint density at radius 3 is 1.92 bits per heavy atom. The van der Waals surface area contributed by atoms with E-state index in [1.54, 1.807) is 6.07 Å². The fourth-order valence-electron chi connectivity index (χ4n) is 5.34. The van der Waals surface area contributed by atoms with E-state index in [2.05, 4.69) is 39.2 Å². The minimum atomic E-state index is -0.980. The number of hydrogen-bond acceptors (Lipinski definition) is 14. The highest BCUT2D eigenvalue weighted by molar-refractivity contribution is 7.29. The third kappa shape index (κ3) is 9.20. The summed E-state index contributed by atoms with van der Waals surface area (Å²) in [5.74, 6) is -2.75. The van der Waals surface area contributed by atoms with Gasteiger partial charge in [0.2, 0.25) is 5.13 Å². The van der Waals surface area contributed by atoms with E-state index < -0.39 is 29.5 Å². The summed E-state index contributed by atoms with van der Waals surface area (Å²) in [5, 5.41) is 9.24. The molecule has 5 aromatic rings. The number of esters is 4. The number of ether oxygens (including phenoxy) is 4. The smallest absolute Gasteiger partial charge is 0.351 e. The number of thiophene rings is 1. The summed E-state index contributed by atoms with van der Waals surface area (Å²) in [6.45, 7) is 8.45. The van der Waals surface area contributed by atoms with Crippen LogP contribution in [0.4, 0.5) is 16.5 Å². The summed E-state index contributed by atoms with van der Waals surface area (Å²) >= 11 is 2.58. The van der Waals surface area contributed by atoms with Crippen LogP contribution in [0.25, 0.3) is 15.6 Å². The molecule has 0 amide bonds. The molecule has 0 saturated carbocycles. The average molecular weight is 753 g/mol. The van der Waals surface area contributed by atoms with Crippen LogP contribution in [0.1, 0.15) is 64.8 Å². The quantitative estimate of drug-likeness (QED) is 0.0269. The lowest BCUT2D eigenvalue weighted by molar-refractivity contribution is -0.137. The van der Waals surface area contributed by atoms with Crippen molar-refractivity contribution in [3.63, 3.8) is 0 Å². The lowest BCUT2D eigenvalue weighted by Gasteiger charge is -2.16. The zero-order chi connectivity index (χ0) is 37.3. The first-order chi connectivity index (χ1) is 25.7. The Morgan fingerprint density at radius 1 is 0.774 bits per heavy atom. The summed E-state index contributed by atoms with van der Waals surface area (Å²) in [5.41, 5.74) is 3.42. The summed E-state index contributed by atoms with van der Waals surface area (Å²) in [6, 6.07) is 19.5. The second kappa shape index (κ2) is 17.2. The largest absolute Gasteiger partial charge is 0.462 e. The van der Waals surface area contributed by atoms with Crippen LogP contribution < -0.4 is 14.4 Å². The number of carbonyl (C=O) groups excluding carboxylic acids is 4. The molecule has 6 rings (SSSR count). The Labute approximate surface area is 313 Å². The lowest BCUT2D eigenvalue weighted by atomic mass is 10.1. The van der Waals surface area contributed by atoms with Gasteiger partial charge in [-0.05, 0) is 111 Å². The molecule has 272 valence electrons. The number of rotatable bonds is 14. The van der Waals surface area contributed by atoms with E-state index in [4.69, 9.17) is 18.9 Å². The Bertz CT molecular complexity index is 2080. The third-order valence-corrected chi connectivity index (χ3v) is 9.98. The van der Waals surface area contributed by atoms with E-state index in [1.807, 2.05) is 19.9 Å². The Kier molecular flexibility index (Phi) is 12.0. The third-order valence-electron chi connectivity index (χ3n) is 7.99. The number of anilines is 1. The van der Waals surface area contributed by atoms with E-state index in [0.29, 0.717) is 27.7 Å². The maximum Gasteiger partial charge on any atom is 0.351 e. The Hall–Kier alpha value is -5.73. The van der Waals surface area contributed by atoms with E-state index in [1.165, 1.54) is 88.5 Å². The van der Waals surface area contributed by atoms with Gasteiger partial charge in [-0.25, -0.2) is 24.2 Å². The van der Waals surface area contributed by atoms with Gasteiger partial charge in [-0.1, -0.05) is 25.2 Å². The van der Waals surface area contributed by atoms with Gasteiger partial charge in [-0.2, -0.15) is 0 Å². The second-order valence-corrected chi connectivity index (χ2v) is 13.9. The number of carbonyl (C=O) groups is 4. The summed E-state index contributed by atoms with van der Waals surface area (Å²) in [7, 11) is 0. The molecular weight excluding hydrogens is 717 g/mol. The molecule has 0 bridgehead atoms. The number of fused-ring (bicyclic) bond motifs is 2. The van der Waals surface area contributed by atoms with Crippen molar-refractivity contribution in [3.8, 4) is 11.5 Å². The number of benzene rings is 3. The Balaban J connectivity index is 1.21. The number of azo groups is 1. The highest BCUT2D eigenvalue weighted by atomic mass is 32.1. The molecule has 3 heterocycles. The molecule has 14 heteroatoms. The van der Waals surface area contributed by atoms with Crippen molar-refractivity contribution >= 4 is 78.7 Å². The standard InChI is InChI=1S/C39H36N4O8S2/c1-4-19-48-35(44)24-7-12-28(13-8-24)50-37(46)31(38(47)51-29-14-9-25(10-15-29)36(45)49-20-5-2)22-30-23-33-34(52-30)40-39(53-33)42-41-27-11-16-32-26(21-27)17-18-43(32)6-3/h7-16,21-23H,4-6,17-20H2,1-3H3. The van der Waals surface area contributed by atoms with Gasteiger partial charge in [0.05, 0.1) is 34.7 Å². The lowest BCUT2D eigenvalue weighted by Crippen LogP contribution is -2.22. The number of aromatic nitrogens is 1. The van der Waals surface area contributed by atoms with Crippen molar-refractivity contribution in [1.82, 2.24) is 4.98 Å². The van der Waals surface area contributed by atoms with Crippen LogP contribution in [-0.4, -0.2) is 55.2 Å². The summed E-state index contributed by atoms with van der Waals surface area (Å²) in [6.07, 6.45) is 3.71. The highest BCUT2D eigenvalue weighted by Crippen LogP contribution is 2.37. The van der Waals surface area contributed by atoms with Crippen LogP contribution in [0.2, 0.25) is 0 Å². The molecule has 0 radical (unpaired) electrons. The molecule has 0 atom stereocenters. The number of hydrogen-bond donors (Lipinski definition) is 0. The maximum atomic E-state index is 13.5. The van der Waals surface area contributed by atoms with Crippen LogP contribution in [0.15, 0.2) is 88.6 Å². The average Bonchev–Trinajstić information content (AvgIpc) is 3.87. The molecule has 0 spiro atoms. The highest BCUT2D eigenvalue weighted by Gasteiger charge is 2.25.